The molecule has 1 heterocycles. The van der Waals surface area contributed by atoms with Crippen LogP contribution in [0.2, 0.25) is 0 Å². The topological polar surface area (TPSA) is 71.1 Å². The summed E-state index contributed by atoms with van der Waals surface area (Å²) in [6.07, 6.45) is 0.114. The van der Waals surface area contributed by atoms with Crippen molar-refractivity contribution in [1.82, 2.24) is 10.3 Å². The number of fused-ring (bicyclic) bond motifs is 1. The van der Waals surface area contributed by atoms with Gasteiger partial charge in [-0.3, -0.25) is 10.1 Å². The lowest BCUT2D eigenvalue weighted by Gasteiger charge is -2.05. The molecule has 1 aromatic carbocycles. The molecule has 94 valence electrons. The van der Waals surface area contributed by atoms with Gasteiger partial charge in [0.05, 0.1) is 15.7 Å². The summed E-state index contributed by atoms with van der Waals surface area (Å²) in [5, 5.41) is 4.76. The minimum absolute atomic E-state index is 0.114. The standard InChI is InChI=1S/C11H10ClN3O2S/c12-4-3-10(16)15-11(17)14-7-1-2-8-9(5-7)18-6-13-8/h1-2,5-6H,3-4H2,(H2,14,15,16,17). The van der Waals surface area contributed by atoms with E-state index < -0.39 is 11.9 Å². The van der Waals surface area contributed by atoms with Gasteiger partial charge in [0.1, 0.15) is 0 Å². The third kappa shape index (κ3) is 3.18. The molecule has 0 saturated heterocycles. The quantitative estimate of drug-likeness (QED) is 0.851. The smallest absolute Gasteiger partial charge is 0.308 e. The number of rotatable bonds is 3. The lowest BCUT2D eigenvalue weighted by Crippen LogP contribution is -2.34. The lowest BCUT2D eigenvalue weighted by molar-refractivity contribution is -0.119. The number of thiazole rings is 1. The first kappa shape index (κ1) is 12.8. The number of benzene rings is 1. The molecule has 0 saturated carbocycles. The Balaban J connectivity index is 2.00. The van der Waals surface area contributed by atoms with E-state index in [1.807, 2.05) is 6.07 Å². The summed E-state index contributed by atoms with van der Waals surface area (Å²) < 4.78 is 0.972. The van der Waals surface area contributed by atoms with Crippen LogP contribution in [-0.2, 0) is 4.79 Å². The molecule has 0 fully saturated rings. The monoisotopic (exact) mass is 283 g/mol. The summed E-state index contributed by atoms with van der Waals surface area (Å²) in [5.74, 6) is -0.215. The van der Waals surface area contributed by atoms with Gasteiger partial charge < -0.3 is 5.32 Å². The van der Waals surface area contributed by atoms with Gasteiger partial charge in [-0.15, -0.1) is 22.9 Å². The number of halogens is 1. The number of urea groups is 1. The Kier molecular flexibility index (Phi) is 4.11. The normalized spacial score (nSPS) is 10.3. The molecule has 0 spiro atoms. The zero-order valence-electron chi connectivity index (χ0n) is 9.27. The first-order valence-corrected chi connectivity index (χ1v) is 6.60. The van der Waals surface area contributed by atoms with Gasteiger partial charge in [0.2, 0.25) is 5.91 Å². The molecule has 0 atom stereocenters. The number of nitrogens with zero attached hydrogens (tertiary/aromatic N) is 1. The molecule has 0 aliphatic heterocycles. The van der Waals surface area contributed by atoms with Gasteiger partial charge in [0.15, 0.2) is 0 Å². The summed E-state index contributed by atoms with van der Waals surface area (Å²) in [7, 11) is 0. The Bertz CT molecular complexity index is 584. The van der Waals surface area contributed by atoms with Gasteiger partial charge in [-0.1, -0.05) is 0 Å². The van der Waals surface area contributed by atoms with Gasteiger partial charge >= 0.3 is 6.03 Å². The molecule has 1 aromatic heterocycles. The number of carbonyl (C=O) groups is 2. The first-order chi connectivity index (χ1) is 8.69. The SMILES string of the molecule is O=C(CCCl)NC(=O)Nc1ccc2ncsc2c1. The van der Waals surface area contributed by atoms with Gasteiger partial charge in [-0.2, -0.15) is 0 Å². The highest BCUT2D eigenvalue weighted by molar-refractivity contribution is 7.16. The largest absolute Gasteiger partial charge is 0.325 e. The van der Waals surface area contributed by atoms with E-state index in [4.69, 9.17) is 11.6 Å². The van der Waals surface area contributed by atoms with Crippen LogP contribution in [0.4, 0.5) is 10.5 Å². The highest BCUT2D eigenvalue weighted by Crippen LogP contribution is 2.21. The molecule has 0 aliphatic rings. The lowest BCUT2D eigenvalue weighted by atomic mass is 10.3. The van der Waals surface area contributed by atoms with Crippen LogP contribution in [0.25, 0.3) is 10.2 Å². The van der Waals surface area contributed by atoms with Gasteiger partial charge in [0.25, 0.3) is 0 Å². The number of imide groups is 1. The van der Waals surface area contributed by atoms with Gasteiger partial charge in [-0.25, -0.2) is 9.78 Å². The number of aromatic nitrogens is 1. The Morgan fingerprint density at radius 2 is 2.22 bits per heavy atom. The highest BCUT2D eigenvalue weighted by atomic mass is 35.5. The third-order valence-corrected chi connectivity index (χ3v) is 3.14. The maximum absolute atomic E-state index is 11.5. The van der Waals surface area contributed by atoms with Crippen LogP contribution < -0.4 is 10.6 Å². The minimum atomic E-state index is -0.561. The number of hydrogen-bond donors (Lipinski definition) is 2. The minimum Gasteiger partial charge on any atom is -0.308 e. The number of nitrogens with one attached hydrogen (secondary N) is 2. The van der Waals surface area contributed by atoms with E-state index >= 15 is 0 Å². The first-order valence-electron chi connectivity index (χ1n) is 5.19. The van der Waals surface area contributed by atoms with Crippen molar-refractivity contribution in [3.05, 3.63) is 23.7 Å². The average Bonchev–Trinajstić information content (AvgIpc) is 2.76. The number of alkyl halides is 1. The molecule has 2 aromatic rings. The summed E-state index contributed by atoms with van der Waals surface area (Å²) >= 11 is 6.88. The van der Waals surface area contributed by atoms with Crippen molar-refractivity contribution in [3.8, 4) is 0 Å². The molecule has 18 heavy (non-hydrogen) atoms. The van der Waals surface area contributed by atoms with Crippen LogP contribution in [0.15, 0.2) is 23.7 Å². The second-order valence-electron chi connectivity index (χ2n) is 3.48. The van der Waals surface area contributed by atoms with E-state index in [1.165, 1.54) is 11.3 Å². The van der Waals surface area contributed by atoms with Crippen LogP contribution in [0.1, 0.15) is 6.42 Å². The van der Waals surface area contributed by atoms with Crippen molar-refractivity contribution in [2.75, 3.05) is 11.2 Å². The number of hydrogen-bond acceptors (Lipinski definition) is 4. The predicted molar refractivity (Wildman–Crippen MR) is 72.1 cm³/mol. The number of carbonyl (C=O) groups excluding carboxylic acids is 2. The summed E-state index contributed by atoms with van der Waals surface area (Å²) in [6.45, 7) is 0. The van der Waals surface area contributed by atoms with E-state index in [9.17, 15) is 9.59 Å². The maximum atomic E-state index is 11.5. The van der Waals surface area contributed by atoms with Crippen molar-refractivity contribution in [2.45, 2.75) is 6.42 Å². The molecule has 2 rings (SSSR count). The summed E-state index contributed by atoms with van der Waals surface area (Å²) in [5.41, 5.74) is 3.23. The molecular formula is C11H10ClN3O2S. The molecule has 0 radical (unpaired) electrons. The fourth-order valence-corrected chi connectivity index (χ4v) is 2.26. The second-order valence-corrected chi connectivity index (χ2v) is 4.74. The molecule has 7 heteroatoms. The molecule has 5 nitrogen and oxygen atoms in total. The Morgan fingerprint density at radius 3 is 3.00 bits per heavy atom. The van der Waals surface area contributed by atoms with E-state index in [2.05, 4.69) is 15.6 Å². The van der Waals surface area contributed by atoms with Crippen LogP contribution in [-0.4, -0.2) is 22.8 Å². The maximum Gasteiger partial charge on any atom is 0.325 e. The van der Waals surface area contributed by atoms with Gasteiger partial charge in [-0.05, 0) is 18.2 Å². The Labute approximate surface area is 112 Å². The number of anilines is 1. The molecule has 2 N–H and O–H groups in total. The fourth-order valence-electron chi connectivity index (χ4n) is 1.37. The summed E-state index contributed by atoms with van der Waals surface area (Å²) in [6, 6.07) is 4.78. The highest BCUT2D eigenvalue weighted by Gasteiger charge is 2.07. The van der Waals surface area contributed by atoms with Crippen molar-refractivity contribution in [1.29, 1.82) is 0 Å². The van der Waals surface area contributed by atoms with E-state index in [-0.39, 0.29) is 12.3 Å². The molecule has 0 aliphatic carbocycles. The third-order valence-electron chi connectivity index (χ3n) is 2.16. The van der Waals surface area contributed by atoms with Crippen LogP contribution in [0.3, 0.4) is 0 Å². The Hall–Kier alpha value is -1.66. The van der Waals surface area contributed by atoms with Gasteiger partial charge in [0, 0.05) is 18.0 Å². The molecule has 3 amide bonds. The molecular weight excluding hydrogens is 274 g/mol. The molecule has 0 bridgehead atoms. The van der Waals surface area contributed by atoms with Crippen LogP contribution in [0.5, 0.6) is 0 Å². The summed E-state index contributed by atoms with van der Waals surface area (Å²) in [4.78, 5) is 26.8. The average molecular weight is 284 g/mol. The second kappa shape index (κ2) is 5.79. The number of amides is 3. The van der Waals surface area contributed by atoms with Crippen molar-refractivity contribution in [2.24, 2.45) is 0 Å². The van der Waals surface area contributed by atoms with E-state index in [0.717, 1.165) is 10.2 Å². The Morgan fingerprint density at radius 1 is 1.39 bits per heavy atom. The predicted octanol–water partition coefficient (Wildman–Crippen LogP) is 2.57. The van der Waals surface area contributed by atoms with Crippen molar-refractivity contribution < 1.29 is 9.59 Å². The van der Waals surface area contributed by atoms with Crippen LogP contribution in [0, 0.1) is 0 Å². The van der Waals surface area contributed by atoms with E-state index in [0.29, 0.717) is 5.69 Å². The zero-order chi connectivity index (χ0) is 13.0. The fraction of sp³-hybridized carbons (Fsp3) is 0.182. The van der Waals surface area contributed by atoms with E-state index in [1.54, 1.807) is 17.6 Å². The zero-order valence-corrected chi connectivity index (χ0v) is 10.8. The molecule has 0 unspecified atom stereocenters. The van der Waals surface area contributed by atoms with Crippen molar-refractivity contribution >= 4 is 50.8 Å². The van der Waals surface area contributed by atoms with Crippen LogP contribution >= 0.6 is 22.9 Å². The van der Waals surface area contributed by atoms with Crippen molar-refractivity contribution in [3.63, 3.8) is 0 Å².